The molecule has 0 radical (unpaired) electrons. The van der Waals surface area contributed by atoms with E-state index < -0.39 is 11.7 Å². The lowest BCUT2D eigenvalue weighted by molar-refractivity contribution is -0.137. The molecule has 5 nitrogen and oxygen atoms in total. The molecule has 0 aliphatic rings. The van der Waals surface area contributed by atoms with E-state index >= 15 is 0 Å². The average Bonchev–Trinajstić information content (AvgIpc) is 2.66. The Bertz CT molecular complexity index is 830. The van der Waals surface area contributed by atoms with E-state index in [1.165, 1.54) is 12.1 Å². The van der Waals surface area contributed by atoms with Crippen LogP contribution in [0, 0.1) is 0 Å². The van der Waals surface area contributed by atoms with Gasteiger partial charge in [-0.05, 0) is 43.5 Å². The lowest BCUT2D eigenvalue weighted by atomic mass is 10.1. The van der Waals surface area contributed by atoms with Gasteiger partial charge in [-0.25, -0.2) is 4.99 Å². The van der Waals surface area contributed by atoms with E-state index in [0.717, 1.165) is 25.0 Å². The highest BCUT2D eigenvalue weighted by molar-refractivity contribution is 5.79. The maximum absolute atomic E-state index is 12.8. The molecule has 0 aliphatic carbocycles. The number of hydrogen-bond donors (Lipinski definition) is 2. The van der Waals surface area contributed by atoms with Crippen LogP contribution in [0.2, 0.25) is 0 Å². The molecule has 1 heterocycles. The van der Waals surface area contributed by atoms with Crippen molar-refractivity contribution < 1.29 is 13.2 Å². The Morgan fingerprint density at radius 1 is 1.11 bits per heavy atom. The molecule has 0 saturated carbocycles. The lowest BCUT2D eigenvalue weighted by Crippen LogP contribution is -2.37. The van der Waals surface area contributed by atoms with Crippen LogP contribution in [0.1, 0.15) is 30.9 Å². The van der Waals surface area contributed by atoms with Crippen LogP contribution in [0.4, 0.5) is 13.2 Å². The number of nitrogens with one attached hydrogen (secondary N) is 2. The fraction of sp³-hybridized carbons (Fsp3) is 0.400. The third kappa shape index (κ3) is 7.09. The van der Waals surface area contributed by atoms with Crippen molar-refractivity contribution in [3.63, 3.8) is 0 Å². The maximum Gasteiger partial charge on any atom is 0.416 e. The minimum atomic E-state index is -4.36. The van der Waals surface area contributed by atoms with Crippen LogP contribution in [0.15, 0.2) is 58.4 Å². The van der Waals surface area contributed by atoms with Crippen molar-refractivity contribution in [1.82, 2.24) is 15.2 Å². The van der Waals surface area contributed by atoms with E-state index in [9.17, 15) is 18.0 Å². The molecule has 28 heavy (non-hydrogen) atoms. The zero-order chi connectivity index (χ0) is 20.4. The second kappa shape index (κ2) is 10.5. The first kappa shape index (κ1) is 21.5. The minimum absolute atomic E-state index is 0.0218. The summed E-state index contributed by atoms with van der Waals surface area (Å²) in [7, 11) is 0. The largest absolute Gasteiger partial charge is 0.416 e. The van der Waals surface area contributed by atoms with Crippen molar-refractivity contribution in [2.24, 2.45) is 4.99 Å². The van der Waals surface area contributed by atoms with Crippen LogP contribution in [0.25, 0.3) is 0 Å². The topological polar surface area (TPSA) is 58.4 Å². The van der Waals surface area contributed by atoms with E-state index in [1.807, 2.05) is 13.0 Å². The van der Waals surface area contributed by atoms with Gasteiger partial charge in [0.2, 0.25) is 5.56 Å². The van der Waals surface area contributed by atoms with Gasteiger partial charge in [0.1, 0.15) is 0 Å². The second-order valence-corrected chi connectivity index (χ2v) is 6.26. The summed E-state index contributed by atoms with van der Waals surface area (Å²) in [5.41, 5.74) is -0.198. The van der Waals surface area contributed by atoms with Crippen molar-refractivity contribution in [3.05, 3.63) is 70.1 Å². The van der Waals surface area contributed by atoms with Gasteiger partial charge in [-0.3, -0.25) is 4.79 Å². The summed E-state index contributed by atoms with van der Waals surface area (Å²) in [4.78, 5) is 16.0. The number of aryl methyl sites for hydroxylation is 1. The third-order valence-electron chi connectivity index (χ3n) is 4.04. The number of guanidine groups is 1. The quantitative estimate of drug-likeness (QED) is 0.410. The summed E-state index contributed by atoms with van der Waals surface area (Å²) >= 11 is 0. The number of hydrogen-bond acceptors (Lipinski definition) is 2. The van der Waals surface area contributed by atoms with Crippen molar-refractivity contribution in [2.75, 3.05) is 13.1 Å². The van der Waals surface area contributed by atoms with Gasteiger partial charge >= 0.3 is 6.18 Å². The summed E-state index contributed by atoms with van der Waals surface area (Å²) < 4.78 is 40.0. The Morgan fingerprint density at radius 2 is 1.93 bits per heavy atom. The number of benzene rings is 1. The number of aliphatic imine (C=N–C) groups is 1. The molecule has 2 N–H and O–H groups in total. The van der Waals surface area contributed by atoms with E-state index in [1.54, 1.807) is 22.9 Å². The number of aromatic nitrogens is 1. The highest BCUT2D eigenvalue weighted by atomic mass is 19.4. The first-order valence-corrected chi connectivity index (χ1v) is 9.24. The van der Waals surface area contributed by atoms with Crippen LogP contribution in [-0.4, -0.2) is 23.6 Å². The Kier molecular flexibility index (Phi) is 8.10. The molecule has 2 rings (SSSR count). The van der Waals surface area contributed by atoms with Gasteiger partial charge in [-0.15, -0.1) is 0 Å². The fourth-order valence-electron chi connectivity index (χ4n) is 2.62. The Labute approximate surface area is 162 Å². The lowest BCUT2D eigenvalue weighted by Gasteiger charge is -2.12. The fourth-order valence-corrected chi connectivity index (χ4v) is 2.62. The van der Waals surface area contributed by atoms with Crippen LogP contribution < -0.4 is 16.2 Å². The molecule has 0 unspecified atom stereocenters. The molecule has 8 heteroatoms. The van der Waals surface area contributed by atoms with E-state index in [-0.39, 0.29) is 12.1 Å². The second-order valence-electron chi connectivity index (χ2n) is 6.26. The molecule has 0 spiro atoms. The number of halogens is 3. The highest BCUT2D eigenvalue weighted by Crippen LogP contribution is 2.29. The average molecular weight is 394 g/mol. The van der Waals surface area contributed by atoms with Crippen LogP contribution in [0.5, 0.6) is 0 Å². The van der Waals surface area contributed by atoms with Crippen molar-refractivity contribution in [2.45, 2.75) is 39.0 Å². The van der Waals surface area contributed by atoms with Crippen molar-refractivity contribution >= 4 is 5.96 Å². The van der Waals surface area contributed by atoms with Crippen LogP contribution in [0.3, 0.4) is 0 Å². The Balaban J connectivity index is 1.83. The number of nitrogens with zero attached hydrogens (tertiary/aromatic N) is 2. The van der Waals surface area contributed by atoms with E-state index in [4.69, 9.17) is 0 Å². The molecule has 152 valence electrons. The molecular formula is C20H25F3N4O. The maximum atomic E-state index is 12.8. The normalized spacial score (nSPS) is 12.1. The minimum Gasteiger partial charge on any atom is -0.357 e. The van der Waals surface area contributed by atoms with Gasteiger partial charge in [-0.1, -0.05) is 18.2 Å². The smallest absolute Gasteiger partial charge is 0.357 e. The van der Waals surface area contributed by atoms with Crippen molar-refractivity contribution in [1.29, 1.82) is 0 Å². The third-order valence-corrected chi connectivity index (χ3v) is 4.04. The molecular weight excluding hydrogens is 369 g/mol. The predicted molar refractivity (Wildman–Crippen MR) is 104 cm³/mol. The van der Waals surface area contributed by atoms with Gasteiger partial charge in [-0.2, -0.15) is 13.2 Å². The van der Waals surface area contributed by atoms with Crippen LogP contribution >= 0.6 is 0 Å². The number of alkyl halides is 3. The first-order chi connectivity index (χ1) is 13.4. The molecule has 2 aromatic rings. The molecule has 0 fully saturated rings. The van der Waals surface area contributed by atoms with Gasteiger partial charge in [0.25, 0.3) is 0 Å². The summed E-state index contributed by atoms with van der Waals surface area (Å²) in [6.07, 6.45) is -0.946. The summed E-state index contributed by atoms with van der Waals surface area (Å²) in [6, 6.07) is 10.2. The standard InChI is InChI=1S/C20H25F3N4O/c1-2-24-19(25-11-4-6-13-27-12-5-3-10-18(27)28)26-15-16-8-7-9-17(14-16)20(21,22)23/h3,5,7-10,12,14H,2,4,6,11,13,15H2,1H3,(H2,24,25,26). The monoisotopic (exact) mass is 394 g/mol. The SMILES string of the molecule is CCNC(=NCc1cccc(C(F)(F)F)c1)NCCCCn1ccccc1=O. The molecule has 1 aromatic carbocycles. The number of pyridine rings is 1. The zero-order valence-electron chi connectivity index (χ0n) is 15.8. The summed E-state index contributed by atoms with van der Waals surface area (Å²) in [5, 5.41) is 6.24. The van der Waals surface area contributed by atoms with E-state index in [2.05, 4.69) is 15.6 Å². The molecule has 0 saturated heterocycles. The summed E-state index contributed by atoms with van der Waals surface area (Å²) in [5.74, 6) is 0.553. The van der Waals surface area contributed by atoms with Crippen molar-refractivity contribution in [3.8, 4) is 0 Å². The molecule has 0 amide bonds. The number of unbranched alkanes of at least 4 members (excludes halogenated alkanes) is 1. The molecule has 1 aromatic heterocycles. The zero-order valence-corrected chi connectivity index (χ0v) is 15.8. The molecule has 0 atom stereocenters. The number of rotatable bonds is 8. The molecule has 0 bridgehead atoms. The van der Waals surface area contributed by atoms with Crippen LogP contribution in [-0.2, 0) is 19.3 Å². The predicted octanol–water partition coefficient (Wildman–Crippen LogP) is 3.40. The highest BCUT2D eigenvalue weighted by Gasteiger charge is 2.30. The summed E-state index contributed by atoms with van der Waals surface area (Å²) in [6.45, 7) is 4.01. The van der Waals surface area contributed by atoms with E-state index in [0.29, 0.717) is 31.2 Å². The molecule has 0 aliphatic heterocycles. The van der Waals surface area contributed by atoms with Gasteiger partial charge in [0, 0.05) is 31.9 Å². The first-order valence-electron chi connectivity index (χ1n) is 9.24. The Hall–Kier alpha value is -2.77. The van der Waals surface area contributed by atoms with Gasteiger partial charge < -0.3 is 15.2 Å². The Morgan fingerprint density at radius 3 is 2.64 bits per heavy atom. The van der Waals surface area contributed by atoms with Gasteiger partial charge in [0.15, 0.2) is 5.96 Å². The van der Waals surface area contributed by atoms with Gasteiger partial charge in [0.05, 0.1) is 12.1 Å².